The molecule has 0 aliphatic heterocycles. The van der Waals surface area contributed by atoms with E-state index >= 15 is 0 Å². The summed E-state index contributed by atoms with van der Waals surface area (Å²) in [5.74, 6) is 0.352. The molecule has 4 aromatic rings. The average molecular weight is 418 g/mol. The molecule has 150 valence electrons. The van der Waals surface area contributed by atoms with Crippen LogP contribution in [0.2, 0.25) is 5.02 Å². The van der Waals surface area contributed by atoms with Crippen LogP contribution in [0.15, 0.2) is 83.7 Å². The Morgan fingerprint density at radius 2 is 1.60 bits per heavy atom. The van der Waals surface area contributed by atoms with E-state index in [2.05, 4.69) is 9.97 Å². The standard InChI is InChI=1S/C24H20ClN3O2/c25-20-12-6-4-10-18(20)14-23(29)28(15-17-8-2-1-3-9-17)16-22-26-21-13-7-5-11-19(21)24(30)27-22/h1-13H,14-16H2,(H,26,27,30). The van der Waals surface area contributed by atoms with Gasteiger partial charge in [-0.15, -0.1) is 0 Å². The number of hydrogen-bond donors (Lipinski definition) is 1. The highest BCUT2D eigenvalue weighted by molar-refractivity contribution is 6.31. The summed E-state index contributed by atoms with van der Waals surface area (Å²) in [4.78, 5) is 34.6. The molecule has 1 amide bonds. The number of H-pyrrole nitrogens is 1. The number of nitrogens with one attached hydrogen (secondary N) is 1. The van der Waals surface area contributed by atoms with Crippen molar-refractivity contribution in [3.63, 3.8) is 0 Å². The van der Waals surface area contributed by atoms with Crippen LogP contribution in [0.3, 0.4) is 0 Å². The van der Waals surface area contributed by atoms with Crippen LogP contribution >= 0.6 is 11.6 Å². The summed E-state index contributed by atoms with van der Waals surface area (Å²) in [6, 6.07) is 24.2. The molecule has 0 unspecified atom stereocenters. The molecule has 0 saturated heterocycles. The summed E-state index contributed by atoms with van der Waals surface area (Å²) in [5, 5.41) is 1.08. The molecule has 0 saturated carbocycles. The molecule has 5 nitrogen and oxygen atoms in total. The number of rotatable bonds is 6. The summed E-state index contributed by atoms with van der Waals surface area (Å²) in [5.41, 5.74) is 2.15. The van der Waals surface area contributed by atoms with Crippen molar-refractivity contribution in [3.05, 3.63) is 111 Å². The van der Waals surface area contributed by atoms with Gasteiger partial charge in [-0.25, -0.2) is 4.98 Å². The predicted octanol–water partition coefficient (Wildman–Crippen LogP) is 4.35. The van der Waals surface area contributed by atoms with Gasteiger partial charge in [0.1, 0.15) is 5.82 Å². The number of aromatic amines is 1. The van der Waals surface area contributed by atoms with Crippen LogP contribution in [0, 0.1) is 0 Å². The Labute approximate surface area is 179 Å². The quantitative estimate of drug-likeness (QED) is 0.507. The number of para-hydroxylation sites is 1. The third kappa shape index (κ3) is 4.58. The first kappa shape index (κ1) is 19.9. The van der Waals surface area contributed by atoms with Gasteiger partial charge in [-0.3, -0.25) is 9.59 Å². The molecule has 3 aromatic carbocycles. The van der Waals surface area contributed by atoms with Crippen molar-refractivity contribution >= 4 is 28.4 Å². The molecule has 0 aliphatic carbocycles. The van der Waals surface area contributed by atoms with Gasteiger partial charge < -0.3 is 9.88 Å². The number of nitrogens with zero attached hydrogens (tertiary/aromatic N) is 2. The molecular formula is C24H20ClN3O2. The second-order valence-electron chi connectivity index (χ2n) is 7.03. The van der Waals surface area contributed by atoms with Crippen LogP contribution < -0.4 is 5.56 Å². The molecular weight excluding hydrogens is 398 g/mol. The third-order valence-corrected chi connectivity index (χ3v) is 5.24. The van der Waals surface area contributed by atoms with E-state index in [4.69, 9.17) is 11.6 Å². The zero-order valence-electron chi connectivity index (χ0n) is 16.2. The van der Waals surface area contributed by atoms with Gasteiger partial charge in [-0.2, -0.15) is 0 Å². The predicted molar refractivity (Wildman–Crippen MR) is 118 cm³/mol. The van der Waals surface area contributed by atoms with Crippen molar-refractivity contribution in [2.45, 2.75) is 19.5 Å². The lowest BCUT2D eigenvalue weighted by Crippen LogP contribution is -2.33. The minimum atomic E-state index is -0.214. The van der Waals surface area contributed by atoms with E-state index in [0.29, 0.717) is 28.3 Å². The SMILES string of the molecule is O=C(Cc1ccccc1Cl)N(Cc1ccccc1)Cc1nc2ccccc2c(=O)[nH]1. The largest absolute Gasteiger partial charge is 0.331 e. The fourth-order valence-electron chi connectivity index (χ4n) is 3.34. The van der Waals surface area contributed by atoms with E-state index in [1.165, 1.54) is 0 Å². The molecule has 1 aromatic heterocycles. The van der Waals surface area contributed by atoms with Crippen LogP contribution in [0.5, 0.6) is 0 Å². The number of aromatic nitrogens is 2. The molecule has 0 spiro atoms. The zero-order chi connectivity index (χ0) is 20.9. The number of carbonyl (C=O) groups excluding carboxylic acids is 1. The normalized spacial score (nSPS) is 10.8. The first-order valence-electron chi connectivity index (χ1n) is 9.63. The van der Waals surface area contributed by atoms with Gasteiger partial charge in [-0.05, 0) is 29.3 Å². The highest BCUT2D eigenvalue weighted by Crippen LogP contribution is 2.18. The maximum Gasteiger partial charge on any atom is 0.258 e. The van der Waals surface area contributed by atoms with Gasteiger partial charge in [0.25, 0.3) is 5.56 Å². The number of hydrogen-bond acceptors (Lipinski definition) is 3. The van der Waals surface area contributed by atoms with Crippen LogP contribution in [-0.4, -0.2) is 20.8 Å². The van der Waals surface area contributed by atoms with E-state index in [-0.39, 0.29) is 24.4 Å². The maximum absolute atomic E-state index is 13.2. The summed E-state index contributed by atoms with van der Waals surface area (Å²) >= 11 is 6.25. The minimum Gasteiger partial charge on any atom is -0.331 e. The van der Waals surface area contributed by atoms with E-state index in [1.807, 2.05) is 54.6 Å². The van der Waals surface area contributed by atoms with Crippen molar-refractivity contribution in [1.82, 2.24) is 14.9 Å². The number of amides is 1. The van der Waals surface area contributed by atoms with E-state index in [1.54, 1.807) is 29.2 Å². The number of carbonyl (C=O) groups is 1. The molecule has 0 aliphatic rings. The van der Waals surface area contributed by atoms with E-state index < -0.39 is 0 Å². The lowest BCUT2D eigenvalue weighted by atomic mass is 10.1. The van der Waals surface area contributed by atoms with Gasteiger partial charge in [0.05, 0.1) is 23.9 Å². The molecule has 0 bridgehead atoms. The molecule has 0 fully saturated rings. The Morgan fingerprint density at radius 3 is 2.40 bits per heavy atom. The Hall–Kier alpha value is -3.44. The van der Waals surface area contributed by atoms with Crippen LogP contribution in [0.25, 0.3) is 10.9 Å². The molecule has 6 heteroatoms. The van der Waals surface area contributed by atoms with Crippen molar-refractivity contribution in [2.75, 3.05) is 0 Å². The monoisotopic (exact) mass is 417 g/mol. The summed E-state index contributed by atoms with van der Waals surface area (Å²) in [6.07, 6.45) is 0.171. The highest BCUT2D eigenvalue weighted by atomic mass is 35.5. The molecule has 30 heavy (non-hydrogen) atoms. The first-order valence-corrected chi connectivity index (χ1v) is 10.0. The van der Waals surface area contributed by atoms with Crippen LogP contribution in [0.1, 0.15) is 17.0 Å². The van der Waals surface area contributed by atoms with Gasteiger partial charge in [0.2, 0.25) is 5.91 Å². The Balaban J connectivity index is 1.64. The smallest absolute Gasteiger partial charge is 0.258 e. The minimum absolute atomic E-state index is 0.0947. The van der Waals surface area contributed by atoms with Crippen molar-refractivity contribution < 1.29 is 4.79 Å². The Morgan fingerprint density at radius 1 is 0.900 bits per heavy atom. The molecule has 1 heterocycles. The lowest BCUT2D eigenvalue weighted by Gasteiger charge is -2.23. The van der Waals surface area contributed by atoms with Crippen molar-refractivity contribution in [1.29, 1.82) is 0 Å². The molecule has 0 atom stereocenters. The van der Waals surface area contributed by atoms with Gasteiger partial charge in [-0.1, -0.05) is 72.3 Å². The van der Waals surface area contributed by atoms with Crippen LogP contribution in [-0.2, 0) is 24.3 Å². The zero-order valence-corrected chi connectivity index (χ0v) is 17.0. The van der Waals surface area contributed by atoms with E-state index in [0.717, 1.165) is 11.1 Å². The fourth-order valence-corrected chi connectivity index (χ4v) is 3.55. The average Bonchev–Trinajstić information content (AvgIpc) is 2.76. The highest BCUT2D eigenvalue weighted by Gasteiger charge is 2.18. The number of halogens is 1. The van der Waals surface area contributed by atoms with Crippen molar-refractivity contribution in [3.8, 4) is 0 Å². The summed E-state index contributed by atoms with van der Waals surface area (Å²) < 4.78 is 0. The lowest BCUT2D eigenvalue weighted by molar-refractivity contribution is -0.131. The third-order valence-electron chi connectivity index (χ3n) is 4.87. The Kier molecular flexibility index (Phi) is 5.91. The second-order valence-corrected chi connectivity index (χ2v) is 7.44. The number of fused-ring (bicyclic) bond motifs is 1. The summed E-state index contributed by atoms with van der Waals surface area (Å²) in [6.45, 7) is 0.596. The molecule has 1 N–H and O–H groups in total. The van der Waals surface area contributed by atoms with E-state index in [9.17, 15) is 9.59 Å². The maximum atomic E-state index is 13.2. The van der Waals surface area contributed by atoms with Crippen LogP contribution in [0.4, 0.5) is 0 Å². The summed E-state index contributed by atoms with van der Waals surface area (Å²) in [7, 11) is 0. The topological polar surface area (TPSA) is 66.1 Å². The van der Waals surface area contributed by atoms with Crippen molar-refractivity contribution in [2.24, 2.45) is 0 Å². The molecule has 0 radical (unpaired) electrons. The second kappa shape index (κ2) is 8.93. The van der Waals surface area contributed by atoms with Gasteiger partial charge in [0, 0.05) is 11.6 Å². The van der Waals surface area contributed by atoms with Gasteiger partial charge in [0.15, 0.2) is 0 Å². The first-order chi connectivity index (χ1) is 14.6. The number of benzene rings is 3. The fraction of sp³-hybridized carbons (Fsp3) is 0.125. The Bertz CT molecular complexity index is 1240. The van der Waals surface area contributed by atoms with Gasteiger partial charge >= 0.3 is 0 Å². The molecule has 4 rings (SSSR count).